The average Bonchev–Trinajstić information content (AvgIpc) is 3.71. The van der Waals surface area contributed by atoms with Crippen molar-refractivity contribution in [2.45, 2.75) is 63.8 Å². The van der Waals surface area contributed by atoms with Crippen LogP contribution in [-0.4, -0.2) is 49.0 Å². The molecular weight excluding hydrogens is 568 g/mol. The molecule has 2 saturated carbocycles. The number of anilines is 1. The van der Waals surface area contributed by atoms with E-state index in [0.717, 1.165) is 59.4 Å². The van der Waals surface area contributed by atoms with Crippen molar-refractivity contribution in [2.75, 3.05) is 11.4 Å². The van der Waals surface area contributed by atoms with Crippen LogP contribution in [0.25, 0.3) is 27.8 Å². The normalized spacial score (nSPS) is 19.2. The van der Waals surface area contributed by atoms with Gasteiger partial charge in [-0.15, -0.1) is 0 Å². The summed E-state index contributed by atoms with van der Waals surface area (Å²) in [7, 11) is 0. The van der Waals surface area contributed by atoms with E-state index in [0.29, 0.717) is 47.9 Å². The largest absolute Gasteiger partial charge is 0.330 e. The highest BCUT2D eigenvalue weighted by Gasteiger charge is 2.35. The summed E-state index contributed by atoms with van der Waals surface area (Å²) in [5.74, 6) is 0.765. The van der Waals surface area contributed by atoms with Gasteiger partial charge in [0.15, 0.2) is 11.5 Å². The predicted octanol–water partition coefficient (Wildman–Crippen LogP) is 3.95. The second-order valence-electron chi connectivity index (χ2n) is 12.7. The third kappa shape index (κ3) is 5.81. The van der Waals surface area contributed by atoms with Gasteiger partial charge in [0.2, 0.25) is 5.91 Å². The first-order valence-electron chi connectivity index (χ1n) is 15.8. The van der Waals surface area contributed by atoms with Crippen molar-refractivity contribution < 1.29 is 9.59 Å². The Balaban J connectivity index is 1.12. The fraction of sp³-hybridized carbons (Fsp3) is 0.382. The van der Waals surface area contributed by atoms with Gasteiger partial charge in [0.1, 0.15) is 0 Å². The number of hydrogen-bond donors (Lipinski definition) is 4. The number of aromatic nitrogens is 5. The number of fused-ring (bicyclic) bond motifs is 2. The van der Waals surface area contributed by atoms with Gasteiger partial charge in [0, 0.05) is 23.6 Å². The number of carbonyl (C=O) groups is 2. The number of aryl methyl sites for hydroxylation is 1. The fourth-order valence-corrected chi connectivity index (χ4v) is 6.54. The van der Waals surface area contributed by atoms with Crippen molar-refractivity contribution in [2.24, 2.45) is 23.3 Å². The molecule has 2 aliphatic carbocycles. The van der Waals surface area contributed by atoms with E-state index in [1.807, 2.05) is 35.0 Å². The molecule has 0 unspecified atom stereocenters. The van der Waals surface area contributed by atoms with Gasteiger partial charge in [0.05, 0.1) is 22.8 Å². The molecule has 2 fully saturated rings. The quantitative estimate of drug-likeness (QED) is 0.207. The summed E-state index contributed by atoms with van der Waals surface area (Å²) >= 11 is 0. The monoisotopic (exact) mass is 606 g/mol. The molecule has 0 aliphatic heterocycles. The van der Waals surface area contributed by atoms with E-state index in [2.05, 4.69) is 28.1 Å². The topological polar surface area (TPSA) is 168 Å². The smallest absolute Gasteiger partial charge is 0.323 e. The third-order valence-electron chi connectivity index (χ3n) is 9.40. The molecular formula is C34H38N8O3. The van der Waals surface area contributed by atoms with E-state index >= 15 is 0 Å². The first-order chi connectivity index (χ1) is 21.8. The molecule has 7 rings (SSSR count). The van der Waals surface area contributed by atoms with Crippen LogP contribution in [0.5, 0.6) is 0 Å². The number of carbonyl (C=O) groups excluding carboxylic acids is 2. The van der Waals surface area contributed by atoms with Crippen LogP contribution in [0.1, 0.15) is 61.4 Å². The van der Waals surface area contributed by atoms with E-state index in [-0.39, 0.29) is 23.9 Å². The summed E-state index contributed by atoms with van der Waals surface area (Å²) in [6.07, 6.45) is 7.63. The van der Waals surface area contributed by atoms with E-state index in [9.17, 15) is 14.4 Å². The standard InChI is InChI=1S/C34H38N8O3/c1-19-14-30-39-31(23-10-11-23)40-41(30)18-26(19)22-6-2-20(3-7-22)15-27(36)33(44)42(32(43)24-8-4-21(17-35)5-9-24)25-12-13-28-29(16-25)38-34(45)37-28/h2-3,6-7,12-14,16,18,21,23-24,27H,4-5,8-11,15,17,35-36H2,1H3,(H2,37,38,45)/t21?,24?,27-/m0/s1. The molecule has 3 aromatic heterocycles. The minimum atomic E-state index is -0.949. The molecule has 0 radical (unpaired) electrons. The number of hydrogen-bond acceptors (Lipinski definition) is 7. The van der Waals surface area contributed by atoms with E-state index in [1.165, 1.54) is 4.90 Å². The van der Waals surface area contributed by atoms with Crippen molar-refractivity contribution in [3.8, 4) is 11.1 Å². The van der Waals surface area contributed by atoms with Crippen LogP contribution in [0.15, 0.2) is 59.5 Å². The van der Waals surface area contributed by atoms with Crippen molar-refractivity contribution in [1.82, 2.24) is 24.6 Å². The molecule has 0 spiro atoms. The average molecular weight is 607 g/mol. The van der Waals surface area contributed by atoms with Gasteiger partial charge >= 0.3 is 5.69 Å². The zero-order chi connectivity index (χ0) is 31.2. The number of aromatic amines is 2. The van der Waals surface area contributed by atoms with Crippen LogP contribution in [-0.2, 0) is 16.0 Å². The number of imidazole rings is 1. The maximum Gasteiger partial charge on any atom is 0.323 e. The summed E-state index contributed by atoms with van der Waals surface area (Å²) in [4.78, 5) is 51.1. The summed E-state index contributed by atoms with van der Waals surface area (Å²) in [5, 5.41) is 4.69. The minimum Gasteiger partial charge on any atom is -0.330 e. The van der Waals surface area contributed by atoms with Gasteiger partial charge in [-0.2, -0.15) is 5.10 Å². The Morgan fingerprint density at radius 3 is 2.44 bits per heavy atom. The minimum absolute atomic E-state index is 0.262. The highest BCUT2D eigenvalue weighted by molar-refractivity contribution is 6.17. The number of amides is 2. The van der Waals surface area contributed by atoms with Gasteiger partial charge in [-0.1, -0.05) is 24.3 Å². The van der Waals surface area contributed by atoms with Gasteiger partial charge < -0.3 is 21.4 Å². The number of benzene rings is 2. The van der Waals surface area contributed by atoms with E-state index in [4.69, 9.17) is 16.5 Å². The zero-order valence-corrected chi connectivity index (χ0v) is 25.3. The van der Waals surface area contributed by atoms with Gasteiger partial charge in [-0.3, -0.25) is 9.59 Å². The molecule has 2 amide bonds. The molecule has 6 N–H and O–H groups in total. The predicted molar refractivity (Wildman–Crippen MR) is 173 cm³/mol. The summed E-state index contributed by atoms with van der Waals surface area (Å²) in [6.45, 7) is 2.67. The molecule has 11 heteroatoms. The lowest BCUT2D eigenvalue weighted by Crippen LogP contribution is -2.50. The lowest BCUT2D eigenvalue weighted by molar-refractivity contribution is -0.130. The van der Waals surface area contributed by atoms with Crippen molar-refractivity contribution in [3.63, 3.8) is 0 Å². The number of imide groups is 1. The van der Waals surface area contributed by atoms with Gasteiger partial charge in [-0.25, -0.2) is 19.2 Å². The number of pyridine rings is 1. The Labute approximate surface area is 260 Å². The van der Waals surface area contributed by atoms with Crippen LogP contribution in [0, 0.1) is 18.8 Å². The molecule has 232 valence electrons. The number of nitrogens with one attached hydrogen (secondary N) is 2. The van der Waals surface area contributed by atoms with Crippen LogP contribution in [0.2, 0.25) is 0 Å². The molecule has 0 bridgehead atoms. The molecule has 1 atom stereocenters. The molecule has 11 nitrogen and oxygen atoms in total. The molecule has 2 aromatic carbocycles. The van der Waals surface area contributed by atoms with Gasteiger partial charge in [0.25, 0.3) is 5.91 Å². The number of rotatable bonds is 8. The molecule has 2 aliphatic rings. The lowest BCUT2D eigenvalue weighted by atomic mass is 9.81. The Bertz CT molecular complexity index is 1940. The first-order valence-corrected chi connectivity index (χ1v) is 15.8. The Morgan fingerprint density at radius 2 is 1.73 bits per heavy atom. The van der Waals surface area contributed by atoms with E-state index in [1.54, 1.807) is 18.2 Å². The highest BCUT2D eigenvalue weighted by Crippen LogP contribution is 2.38. The van der Waals surface area contributed by atoms with Crippen LogP contribution < -0.4 is 22.1 Å². The summed E-state index contributed by atoms with van der Waals surface area (Å²) in [5.41, 5.74) is 18.5. The van der Waals surface area contributed by atoms with Crippen LogP contribution in [0.4, 0.5) is 5.69 Å². The second-order valence-corrected chi connectivity index (χ2v) is 12.7. The van der Waals surface area contributed by atoms with Crippen molar-refractivity contribution >= 4 is 34.2 Å². The lowest BCUT2D eigenvalue weighted by Gasteiger charge is -2.32. The van der Waals surface area contributed by atoms with Gasteiger partial charge in [-0.05, 0) is 105 Å². The molecule has 45 heavy (non-hydrogen) atoms. The Hall–Kier alpha value is -4.61. The van der Waals surface area contributed by atoms with E-state index < -0.39 is 11.9 Å². The Kier molecular flexibility index (Phi) is 7.58. The molecule has 0 saturated heterocycles. The highest BCUT2D eigenvalue weighted by atomic mass is 16.2. The van der Waals surface area contributed by atoms with Crippen molar-refractivity contribution in [1.29, 1.82) is 0 Å². The van der Waals surface area contributed by atoms with Crippen LogP contribution >= 0.6 is 0 Å². The number of nitrogens with two attached hydrogens (primary N) is 2. The zero-order valence-electron chi connectivity index (χ0n) is 25.3. The Morgan fingerprint density at radius 1 is 1.00 bits per heavy atom. The molecule has 5 aromatic rings. The van der Waals surface area contributed by atoms with Crippen LogP contribution in [0.3, 0.4) is 0 Å². The number of H-pyrrole nitrogens is 2. The maximum atomic E-state index is 14.0. The maximum absolute atomic E-state index is 14.0. The summed E-state index contributed by atoms with van der Waals surface area (Å²) in [6, 6.07) is 14.1. The summed E-state index contributed by atoms with van der Waals surface area (Å²) < 4.78 is 1.85. The first kappa shape index (κ1) is 29.1. The second kappa shape index (κ2) is 11.7. The molecule has 3 heterocycles. The van der Waals surface area contributed by atoms with Crippen molar-refractivity contribution in [3.05, 3.63) is 82.2 Å². The SMILES string of the molecule is Cc1cc2nc(C3CC3)nn2cc1-c1ccc(C[C@H](N)C(=O)N(C(=O)C2CCC(CN)CC2)c2ccc3[nH]c(=O)[nH]c3c2)cc1. The third-order valence-corrected chi connectivity index (χ3v) is 9.40. The number of nitrogens with zero attached hydrogens (tertiary/aromatic N) is 4. The fourth-order valence-electron chi connectivity index (χ4n) is 6.54.